The number of rotatable bonds is 5. The maximum atomic E-state index is 11.9. The molecule has 0 fully saturated rings. The molecular weight excluding hydrogens is 262 g/mol. The smallest absolute Gasteiger partial charge is 0.224 e. The third-order valence-electron chi connectivity index (χ3n) is 2.82. The van der Waals surface area contributed by atoms with Crippen molar-refractivity contribution in [1.82, 2.24) is 15.1 Å². The summed E-state index contributed by atoms with van der Waals surface area (Å²) in [6.45, 7) is 2.94. The molecule has 1 N–H and O–H groups in total. The summed E-state index contributed by atoms with van der Waals surface area (Å²) in [4.78, 5) is 11.9. The van der Waals surface area contributed by atoms with Gasteiger partial charge in [0.1, 0.15) is 0 Å². The number of nitrogens with one attached hydrogen (secondary N) is 1. The van der Waals surface area contributed by atoms with E-state index in [1.807, 2.05) is 37.3 Å². The highest BCUT2D eigenvalue weighted by molar-refractivity contribution is 6.30. The third kappa shape index (κ3) is 4.10. The van der Waals surface area contributed by atoms with Crippen molar-refractivity contribution in [2.45, 2.75) is 20.0 Å². The van der Waals surface area contributed by atoms with E-state index in [0.29, 0.717) is 18.1 Å². The number of benzene rings is 1. The maximum Gasteiger partial charge on any atom is 0.224 e. The first-order valence-electron chi connectivity index (χ1n) is 6.15. The minimum absolute atomic E-state index is 0.00970. The molecule has 1 aromatic heterocycles. The van der Waals surface area contributed by atoms with Crippen LogP contribution in [0.15, 0.2) is 42.7 Å². The van der Waals surface area contributed by atoms with E-state index in [9.17, 15) is 4.79 Å². The van der Waals surface area contributed by atoms with Gasteiger partial charge < -0.3 is 5.32 Å². The zero-order valence-corrected chi connectivity index (χ0v) is 11.5. The Bertz CT molecular complexity index is 539. The monoisotopic (exact) mass is 277 g/mol. The summed E-state index contributed by atoms with van der Waals surface area (Å²) in [5.74, 6) is -0.143. The molecule has 5 heteroatoms. The predicted octanol–water partition coefficient (Wildman–Crippen LogP) is 2.49. The molecule has 2 aromatic rings. The number of carbonyl (C=O) groups is 1. The summed E-state index contributed by atoms with van der Waals surface area (Å²) in [6, 6.07) is 9.83. The van der Waals surface area contributed by atoms with Crippen LogP contribution in [0.5, 0.6) is 0 Å². The van der Waals surface area contributed by atoms with Gasteiger partial charge in [0.25, 0.3) is 0 Å². The van der Waals surface area contributed by atoms with E-state index in [0.717, 1.165) is 5.56 Å². The van der Waals surface area contributed by atoms with Crippen molar-refractivity contribution in [2.75, 3.05) is 0 Å². The normalized spacial score (nSPS) is 12.1. The van der Waals surface area contributed by atoms with E-state index in [1.165, 1.54) is 0 Å². The molecule has 4 nitrogen and oxygen atoms in total. The molecule has 0 aliphatic heterocycles. The van der Waals surface area contributed by atoms with Crippen LogP contribution < -0.4 is 5.32 Å². The molecule has 0 bridgehead atoms. The first kappa shape index (κ1) is 13.6. The Morgan fingerprint density at radius 1 is 1.42 bits per heavy atom. The van der Waals surface area contributed by atoms with Crippen LogP contribution in [0.3, 0.4) is 0 Å². The van der Waals surface area contributed by atoms with E-state index in [1.54, 1.807) is 17.1 Å². The molecule has 2 rings (SSSR count). The average Bonchev–Trinajstić information content (AvgIpc) is 2.82. The summed E-state index contributed by atoms with van der Waals surface area (Å²) in [6.07, 6.45) is 3.28. The van der Waals surface area contributed by atoms with Crippen molar-refractivity contribution in [3.05, 3.63) is 53.3 Å². The van der Waals surface area contributed by atoms with E-state index in [4.69, 9.17) is 11.6 Å². The standard InChI is InChI=1S/C14H16ClN3O/c1-11(9-18-10-13(15)8-17-18)14(19)16-7-12-5-3-2-4-6-12/h2-6,8,10-11H,7,9H2,1H3,(H,16,19)/t11-/m0/s1. The second-order valence-corrected chi connectivity index (χ2v) is 4.92. The topological polar surface area (TPSA) is 46.9 Å². The summed E-state index contributed by atoms with van der Waals surface area (Å²) in [5.41, 5.74) is 1.09. The van der Waals surface area contributed by atoms with Gasteiger partial charge in [-0.25, -0.2) is 0 Å². The molecule has 0 saturated carbocycles. The number of hydrogen-bond donors (Lipinski definition) is 1. The van der Waals surface area contributed by atoms with Crippen LogP contribution in [0.25, 0.3) is 0 Å². The fourth-order valence-electron chi connectivity index (χ4n) is 1.76. The first-order chi connectivity index (χ1) is 9.15. The minimum atomic E-state index is -0.153. The Morgan fingerprint density at radius 3 is 2.79 bits per heavy atom. The molecule has 1 amide bonds. The lowest BCUT2D eigenvalue weighted by molar-refractivity contribution is -0.125. The zero-order valence-electron chi connectivity index (χ0n) is 10.7. The molecule has 19 heavy (non-hydrogen) atoms. The molecule has 1 atom stereocenters. The van der Waals surface area contributed by atoms with E-state index >= 15 is 0 Å². The summed E-state index contributed by atoms with van der Waals surface area (Å²) < 4.78 is 1.68. The van der Waals surface area contributed by atoms with Crippen molar-refractivity contribution in [3.63, 3.8) is 0 Å². The Kier molecular flexibility index (Phi) is 4.58. The van der Waals surface area contributed by atoms with Gasteiger partial charge in [0, 0.05) is 12.7 Å². The molecule has 0 radical (unpaired) electrons. The number of nitrogens with zero attached hydrogens (tertiary/aromatic N) is 2. The van der Waals surface area contributed by atoms with Gasteiger partial charge in [0.2, 0.25) is 5.91 Å². The van der Waals surface area contributed by atoms with Gasteiger partial charge in [-0.2, -0.15) is 5.10 Å². The van der Waals surface area contributed by atoms with Crippen LogP contribution in [0.2, 0.25) is 5.02 Å². The summed E-state index contributed by atoms with van der Waals surface area (Å²) in [7, 11) is 0. The Labute approximate surface area is 117 Å². The Morgan fingerprint density at radius 2 is 2.16 bits per heavy atom. The Balaban J connectivity index is 1.82. The number of amides is 1. The van der Waals surface area contributed by atoms with E-state index in [-0.39, 0.29) is 11.8 Å². The fraction of sp³-hybridized carbons (Fsp3) is 0.286. The highest BCUT2D eigenvalue weighted by Crippen LogP contribution is 2.07. The zero-order chi connectivity index (χ0) is 13.7. The fourth-order valence-corrected chi connectivity index (χ4v) is 1.92. The van der Waals surface area contributed by atoms with Gasteiger partial charge >= 0.3 is 0 Å². The van der Waals surface area contributed by atoms with Crippen LogP contribution in [0.4, 0.5) is 0 Å². The van der Waals surface area contributed by atoms with Crippen molar-refractivity contribution in [2.24, 2.45) is 5.92 Å². The van der Waals surface area contributed by atoms with Crippen LogP contribution in [0, 0.1) is 5.92 Å². The van der Waals surface area contributed by atoms with Gasteiger partial charge in [-0.1, -0.05) is 48.9 Å². The minimum Gasteiger partial charge on any atom is -0.352 e. The summed E-state index contributed by atoms with van der Waals surface area (Å²) >= 11 is 5.78. The van der Waals surface area contributed by atoms with Crippen LogP contribution in [-0.4, -0.2) is 15.7 Å². The third-order valence-corrected chi connectivity index (χ3v) is 3.01. The average molecular weight is 278 g/mol. The van der Waals surface area contributed by atoms with Gasteiger partial charge in [0.05, 0.1) is 23.7 Å². The molecule has 1 aromatic carbocycles. The number of aromatic nitrogens is 2. The number of carbonyl (C=O) groups excluding carboxylic acids is 1. The maximum absolute atomic E-state index is 11.9. The molecule has 100 valence electrons. The van der Waals surface area contributed by atoms with Crippen LogP contribution in [-0.2, 0) is 17.9 Å². The predicted molar refractivity (Wildman–Crippen MR) is 74.7 cm³/mol. The second-order valence-electron chi connectivity index (χ2n) is 4.49. The molecule has 0 aliphatic rings. The molecule has 0 saturated heterocycles. The molecular formula is C14H16ClN3O. The second kappa shape index (κ2) is 6.38. The van der Waals surface area contributed by atoms with Crippen LogP contribution in [0.1, 0.15) is 12.5 Å². The molecule has 0 spiro atoms. The summed E-state index contributed by atoms with van der Waals surface area (Å²) in [5, 5.41) is 7.55. The van der Waals surface area contributed by atoms with Gasteiger partial charge in [-0.05, 0) is 5.56 Å². The Hall–Kier alpha value is -1.81. The van der Waals surface area contributed by atoms with Crippen molar-refractivity contribution < 1.29 is 4.79 Å². The molecule has 0 unspecified atom stereocenters. The lowest BCUT2D eigenvalue weighted by Crippen LogP contribution is -2.31. The highest BCUT2D eigenvalue weighted by Gasteiger charge is 2.13. The van der Waals surface area contributed by atoms with Gasteiger partial charge in [-0.15, -0.1) is 0 Å². The number of halogens is 1. The number of hydrogen-bond acceptors (Lipinski definition) is 2. The molecule has 0 aliphatic carbocycles. The lowest BCUT2D eigenvalue weighted by atomic mass is 10.1. The van der Waals surface area contributed by atoms with E-state index in [2.05, 4.69) is 10.4 Å². The van der Waals surface area contributed by atoms with Crippen molar-refractivity contribution in [3.8, 4) is 0 Å². The lowest BCUT2D eigenvalue weighted by Gasteiger charge is -2.12. The van der Waals surface area contributed by atoms with Crippen LogP contribution >= 0.6 is 11.6 Å². The first-order valence-corrected chi connectivity index (χ1v) is 6.52. The molecule has 1 heterocycles. The quantitative estimate of drug-likeness (QED) is 0.913. The SMILES string of the molecule is C[C@@H](Cn1cc(Cl)cn1)C(=O)NCc1ccccc1. The highest BCUT2D eigenvalue weighted by atomic mass is 35.5. The van der Waals surface area contributed by atoms with Gasteiger partial charge in [0.15, 0.2) is 0 Å². The van der Waals surface area contributed by atoms with Crippen molar-refractivity contribution in [1.29, 1.82) is 0 Å². The van der Waals surface area contributed by atoms with Gasteiger partial charge in [-0.3, -0.25) is 9.48 Å². The van der Waals surface area contributed by atoms with E-state index < -0.39 is 0 Å². The largest absolute Gasteiger partial charge is 0.352 e. The van der Waals surface area contributed by atoms with Crippen molar-refractivity contribution >= 4 is 17.5 Å².